The van der Waals surface area contributed by atoms with Crippen molar-refractivity contribution in [2.24, 2.45) is 5.10 Å². The summed E-state index contributed by atoms with van der Waals surface area (Å²) >= 11 is 0. The van der Waals surface area contributed by atoms with Crippen molar-refractivity contribution in [2.45, 2.75) is 32.5 Å². The molecule has 1 N–H and O–H groups in total. The highest BCUT2D eigenvalue weighted by Gasteiger charge is 2.30. The van der Waals surface area contributed by atoms with Gasteiger partial charge < -0.3 is 9.47 Å². The second kappa shape index (κ2) is 8.55. The number of methoxy groups -OCH3 is 1. The predicted octanol–water partition coefficient (Wildman–Crippen LogP) is 4.73. The first-order valence-corrected chi connectivity index (χ1v) is 8.00. The van der Waals surface area contributed by atoms with Crippen LogP contribution in [0.4, 0.5) is 19.0 Å². The van der Waals surface area contributed by atoms with Gasteiger partial charge in [0, 0.05) is 6.20 Å². The minimum absolute atomic E-state index is 0.0656. The Bertz CT molecular complexity index is 746. The van der Waals surface area contributed by atoms with E-state index in [1.807, 2.05) is 13.8 Å². The molecule has 0 amide bonds. The Morgan fingerprint density at radius 1 is 1.23 bits per heavy atom. The van der Waals surface area contributed by atoms with E-state index in [0.29, 0.717) is 11.5 Å². The van der Waals surface area contributed by atoms with Crippen molar-refractivity contribution >= 4 is 12.0 Å². The number of aromatic nitrogens is 1. The minimum atomic E-state index is -4.41. The number of hydrogen-bond donors (Lipinski definition) is 1. The van der Waals surface area contributed by atoms with Gasteiger partial charge in [-0.1, -0.05) is 6.92 Å². The average Bonchev–Trinajstić information content (AvgIpc) is 2.62. The molecule has 8 heteroatoms. The lowest BCUT2D eigenvalue weighted by atomic mass is 10.2. The molecular weight excluding hydrogens is 347 g/mol. The van der Waals surface area contributed by atoms with Crippen LogP contribution in [-0.4, -0.2) is 24.4 Å². The van der Waals surface area contributed by atoms with Gasteiger partial charge in [0.1, 0.15) is 5.82 Å². The summed E-state index contributed by atoms with van der Waals surface area (Å²) in [6, 6.07) is 7.48. The van der Waals surface area contributed by atoms with Crippen molar-refractivity contribution < 1.29 is 22.6 Å². The highest BCUT2D eigenvalue weighted by molar-refractivity contribution is 5.81. The van der Waals surface area contributed by atoms with Crippen LogP contribution in [0, 0.1) is 0 Å². The van der Waals surface area contributed by atoms with Crippen molar-refractivity contribution in [1.82, 2.24) is 4.98 Å². The van der Waals surface area contributed by atoms with E-state index in [0.717, 1.165) is 24.2 Å². The average molecular weight is 367 g/mol. The first kappa shape index (κ1) is 19.6. The van der Waals surface area contributed by atoms with Crippen LogP contribution in [-0.2, 0) is 6.18 Å². The van der Waals surface area contributed by atoms with E-state index in [-0.39, 0.29) is 11.9 Å². The molecule has 0 aliphatic heterocycles. The van der Waals surface area contributed by atoms with E-state index in [4.69, 9.17) is 9.47 Å². The van der Waals surface area contributed by atoms with Crippen LogP contribution in [0.3, 0.4) is 0 Å². The molecule has 5 nitrogen and oxygen atoms in total. The molecule has 0 saturated heterocycles. The topological polar surface area (TPSA) is 55.7 Å². The maximum atomic E-state index is 12.5. The highest BCUT2D eigenvalue weighted by atomic mass is 19.4. The van der Waals surface area contributed by atoms with Crippen LogP contribution in [0.1, 0.15) is 31.4 Å². The van der Waals surface area contributed by atoms with Crippen LogP contribution in [0.25, 0.3) is 0 Å². The molecule has 0 radical (unpaired) electrons. The van der Waals surface area contributed by atoms with Gasteiger partial charge in [-0.25, -0.2) is 4.98 Å². The van der Waals surface area contributed by atoms with Gasteiger partial charge in [0.25, 0.3) is 0 Å². The first-order valence-electron chi connectivity index (χ1n) is 8.00. The molecule has 26 heavy (non-hydrogen) atoms. The van der Waals surface area contributed by atoms with E-state index in [1.165, 1.54) is 12.3 Å². The predicted molar refractivity (Wildman–Crippen MR) is 93.8 cm³/mol. The fourth-order valence-electron chi connectivity index (χ4n) is 1.96. The third-order valence-electron chi connectivity index (χ3n) is 3.57. The minimum Gasteiger partial charge on any atom is -0.493 e. The quantitative estimate of drug-likeness (QED) is 0.568. The second-order valence-corrected chi connectivity index (χ2v) is 5.55. The molecule has 0 saturated carbocycles. The maximum Gasteiger partial charge on any atom is 0.417 e. The Hall–Kier alpha value is -2.77. The number of rotatable bonds is 7. The summed E-state index contributed by atoms with van der Waals surface area (Å²) in [7, 11) is 1.55. The Balaban J connectivity index is 2.03. The molecule has 1 atom stereocenters. The molecule has 0 bridgehead atoms. The number of benzene rings is 1. The van der Waals surface area contributed by atoms with Crippen LogP contribution in [0.15, 0.2) is 41.6 Å². The van der Waals surface area contributed by atoms with E-state index in [9.17, 15) is 13.2 Å². The molecule has 0 aliphatic carbocycles. The Kier molecular flexibility index (Phi) is 6.43. The van der Waals surface area contributed by atoms with Crippen LogP contribution >= 0.6 is 0 Å². The van der Waals surface area contributed by atoms with Gasteiger partial charge >= 0.3 is 6.18 Å². The van der Waals surface area contributed by atoms with Gasteiger partial charge in [-0.3, -0.25) is 5.43 Å². The maximum absolute atomic E-state index is 12.5. The van der Waals surface area contributed by atoms with E-state index < -0.39 is 11.7 Å². The molecular formula is C18H20F3N3O2. The third-order valence-corrected chi connectivity index (χ3v) is 3.57. The fraction of sp³-hybridized carbons (Fsp3) is 0.333. The Morgan fingerprint density at radius 2 is 2.00 bits per heavy atom. The van der Waals surface area contributed by atoms with E-state index in [2.05, 4.69) is 15.5 Å². The fourth-order valence-corrected chi connectivity index (χ4v) is 1.96. The van der Waals surface area contributed by atoms with Crippen LogP contribution in [0.2, 0.25) is 0 Å². The number of pyridine rings is 1. The van der Waals surface area contributed by atoms with Crippen molar-refractivity contribution in [2.75, 3.05) is 12.5 Å². The Labute approximate surface area is 149 Å². The number of nitrogens with zero attached hydrogens (tertiary/aromatic N) is 2. The summed E-state index contributed by atoms with van der Waals surface area (Å²) < 4.78 is 48.5. The van der Waals surface area contributed by atoms with Crippen molar-refractivity contribution in [1.29, 1.82) is 0 Å². The highest BCUT2D eigenvalue weighted by Crippen LogP contribution is 2.29. The van der Waals surface area contributed by atoms with Gasteiger partial charge in [0.2, 0.25) is 0 Å². The third kappa shape index (κ3) is 5.37. The van der Waals surface area contributed by atoms with Crippen molar-refractivity contribution in [3.05, 3.63) is 47.7 Å². The van der Waals surface area contributed by atoms with Crippen LogP contribution < -0.4 is 14.9 Å². The Morgan fingerprint density at radius 3 is 2.58 bits per heavy atom. The first-order chi connectivity index (χ1) is 12.3. The molecule has 1 aromatic carbocycles. The molecule has 0 aliphatic rings. The lowest BCUT2D eigenvalue weighted by molar-refractivity contribution is -0.137. The van der Waals surface area contributed by atoms with Gasteiger partial charge in [0.05, 0.1) is 25.0 Å². The van der Waals surface area contributed by atoms with Crippen LogP contribution in [0.5, 0.6) is 11.5 Å². The summed E-state index contributed by atoms with van der Waals surface area (Å²) in [6.45, 7) is 3.99. The van der Waals surface area contributed by atoms with Crippen molar-refractivity contribution in [3.8, 4) is 11.5 Å². The summed E-state index contributed by atoms with van der Waals surface area (Å²) in [5, 5.41) is 3.97. The lowest BCUT2D eigenvalue weighted by Gasteiger charge is -2.15. The molecule has 2 aromatic rings. The molecule has 140 valence electrons. The molecule has 2 rings (SSSR count). The number of anilines is 1. The zero-order valence-electron chi connectivity index (χ0n) is 14.7. The van der Waals surface area contributed by atoms with Gasteiger partial charge in [-0.2, -0.15) is 18.3 Å². The van der Waals surface area contributed by atoms with Gasteiger partial charge in [-0.05, 0) is 49.2 Å². The lowest BCUT2D eigenvalue weighted by Crippen LogP contribution is -2.10. The molecule has 1 heterocycles. The smallest absolute Gasteiger partial charge is 0.417 e. The SMILES string of the molecule is CC[C@H](C)Oc1ccc(/C=N\Nc2ccc(C(F)(F)F)cn2)cc1OC. The number of hydrazone groups is 1. The number of alkyl halides is 3. The van der Waals surface area contributed by atoms with E-state index in [1.54, 1.807) is 25.3 Å². The van der Waals surface area contributed by atoms with E-state index >= 15 is 0 Å². The van der Waals surface area contributed by atoms with Crippen molar-refractivity contribution in [3.63, 3.8) is 0 Å². The number of hydrogen-bond acceptors (Lipinski definition) is 5. The number of halogens is 3. The summed E-state index contributed by atoms with van der Waals surface area (Å²) in [5.74, 6) is 1.41. The standard InChI is InChI=1S/C18H20F3N3O2/c1-4-12(2)26-15-7-5-13(9-16(15)25-3)10-23-24-17-8-6-14(11-22-17)18(19,20)21/h5-12H,4H2,1-3H3,(H,22,24)/b23-10-/t12-/m0/s1. The zero-order valence-corrected chi connectivity index (χ0v) is 14.7. The van der Waals surface area contributed by atoms with Gasteiger partial charge in [-0.15, -0.1) is 0 Å². The second-order valence-electron chi connectivity index (χ2n) is 5.55. The zero-order chi connectivity index (χ0) is 19.2. The summed E-state index contributed by atoms with van der Waals surface area (Å²) in [5.41, 5.74) is 2.51. The summed E-state index contributed by atoms with van der Waals surface area (Å²) in [4.78, 5) is 3.68. The normalized spacial score (nSPS) is 12.8. The monoisotopic (exact) mass is 367 g/mol. The molecule has 0 spiro atoms. The molecule has 1 aromatic heterocycles. The number of nitrogens with one attached hydrogen (secondary N) is 1. The largest absolute Gasteiger partial charge is 0.493 e. The van der Waals surface area contributed by atoms with Gasteiger partial charge in [0.15, 0.2) is 11.5 Å². The summed E-state index contributed by atoms with van der Waals surface area (Å²) in [6.07, 6.45) is -1.21. The number of ether oxygens (including phenoxy) is 2. The molecule has 0 unspecified atom stereocenters. The molecule has 0 fully saturated rings.